The Balaban J connectivity index is 2.36. The third kappa shape index (κ3) is 9.56. The molecule has 140 valence electrons. The molecule has 1 rings (SSSR count). The number of benzene rings is 1. The zero-order valence-electron chi connectivity index (χ0n) is 14.8. The molecule has 0 aliphatic heterocycles. The number of aryl methyl sites for hydroxylation is 1. The van der Waals surface area contributed by atoms with Crippen LogP contribution < -0.4 is 9.47 Å². The van der Waals surface area contributed by atoms with Gasteiger partial charge in [-0.25, -0.2) is 4.39 Å². The topological polar surface area (TPSA) is 40.0 Å². The minimum atomic E-state index is -0.452. The zero-order valence-corrected chi connectivity index (χ0v) is 16.3. The molecule has 0 saturated heterocycles. The fourth-order valence-electron chi connectivity index (χ4n) is 1.96. The van der Waals surface area contributed by atoms with Crippen LogP contribution in [0.2, 0.25) is 0 Å². The first kappa shape index (κ1) is 21.6. The molecule has 0 atom stereocenters. The molecular weight excluding hydrogens is 368 g/mol. The highest BCUT2D eigenvalue weighted by molar-refractivity contribution is 6.55. The number of oxime groups is 1. The molecule has 0 unspecified atom stereocenters. The van der Waals surface area contributed by atoms with Crippen LogP contribution in [0.4, 0.5) is 4.39 Å². The van der Waals surface area contributed by atoms with Crippen LogP contribution in [-0.4, -0.2) is 25.5 Å². The predicted octanol–water partition coefficient (Wildman–Crippen LogP) is 5.79. The first-order chi connectivity index (χ1) is 11.9. The molecule has 0 N–H and O–H groups in total. The van der Waals surface area contributed by atoms with E-state index < -0.39 is 5.82 Å². The summed E-state index contributed by atoms with van der Waals surface area (Å²) in [5, 5.41) is 3.86. The summed E-state index contributed by atoms with van der Waals surface area (Å²) in [7, 11) is 0. The maximum atomic E-state index is 14.1. The molecule has 7 heteroatoms. The molecule has 0 heterocycles. The second-order valence-corrected chi connectivity index (χ2v) is 6.64. The molecule has 0 aliphatic carbocycles. The van der Waals surface area contributed by atoms with Crippen molar-refractivity contribution < 1.29 is 18.7 Å². The molecule has 0 bridgehead atoms. The van der Waals surface area contributed by atoms with E-state index >= 15 is 0 Å². The average Bonchev–Trinajstić information content (AvgIpc) is 2.51. The van der Waals surface area contributed by atoms with E-state index in [9.17, 15) is 4.39 Å². The standard InChI is InChI=1S/C18H24Cl2FNO3/c1-13(2)22-25-9-6-4-5-8-24-18-14(3)11-15(12-16(18)21)23-10-7-17(19)20/h7,11-12H,4-6,8-10H2,1-3H3. The van der Waals surface area contributed by atoms with Crippen molar-refractivity contribution in [2.24, 2.45) is 5.16 Å². The van der Waals surface area contributed by atoms with Crippen molar-refractivity contribution in [3.63, 3.8) is 0 Å². The van der Waals surface area contributed by atoms with Crippen molar-refractivity contribution >= 4 is 28.9 Å². The maximum absolute atomic E-state index is 14.1. The average molecular weight is 392 g/mol. The van der Waals surface area contributed by atoms with Crippen LogP contribution in [0.15, 0.2) is 27.9 Å². The molecule has 0 amide bonds. The number of unbranched alkanes of at least 4 members (excludes halogenated alkanes) is 2. The van der Waals surface area contributed by atoms with E-state index in [-0.39, 0.29) is 16.8 Å². The van der Waals surface area contributed by atoms with Gasteiger partial charge in [0.25, 0.3) is 0 Å². The summed E-state index contributed by atoms with van der Waals surface area (Å²) in [6, 6.07) is 3.00. The second-order valence-electron chi connectivity index (χ2n) is 5.64. The smallest absolute Gasteiger partial charge is 0.169 e. The first-order valence-corrected chi connectivity index (χ1v) is 8.85. The van der Waals surface area contributed by atoms with E-state index in [2.05, 4.69) is 5.16 Å². The molecule has 25 heavy (non-hydrogen) atoms. The monoisotopic (exact) mass is 391 g/mol. The van der Waals surface area contributed by atoms with Crippen molar-refractivity contribution in [1.29, 1.82) is 0 Å². The van der Waals surface area contributed by atoms with E-state index in [1.165, 1.54) is 12.1 Å². The SMILES string of the molecule is CC(C)=NOCCCCCOc1c(C)cc(OCC=C(Cl)Cl)cc1F. The summed E-state index contributed by atoms with van der Waals surface area (Å²) in [4.78, 5) is 5.11. The summed E-state index contributed by atoms with van der Waals surface area (Å²) in [5.41, 5.74) is 1.57. The van der Waals surface area contributed by atoms with Crippen LogP contribution in [-0.2, 0) is 4.84 Å². The predicted molar refractivity (Wildman–Crippen MR) is 101 cm³/mol. The van der Waals surface area contributed by atoms with Crippen molar-refractivity contribution in [1.82, 2.24) is 0 Å². The lowest BCUT2D eigenvalue weighted by atomic mass is 10.2. The molecule has 1 aromatic rings. The highest BCUT2D eigenvalue weighted by atomic mass is 35.5. The third-order valence-corrected chi connectivity index (χ3v) is 3.37. The summed E-state index contributed by atoms with van der Waals surface area (Å²) < 4.78 is 25.2. The van der Waals surface area contributed by atoms with Crippen LogP contribution in [0.5, 0.6) is 11.5 Å². The lowest BCUT2D eigenvalue weighted by molar-refractivity contribution is 0.138. The molecule has 0 fully saturated rings. The first-order valence-electron chi connectivity index (χ1n) is 8.10. The summed E-state index contributed by atoms with van der Waals surface area (Å²) >= 11 is 11.0. The summed E-state index contributed by atoms with van der Waals surface area (Å²) in [5.74, 6) is 0.199. The van der Waals surface area contributed by atoms with Crippen molar-refractivity contribution in [3.8, 4) is 11.5 Å². The summed E-state index contributed by atoms with van der Waals surface area (Å²) in [6.45, 7) is 6.72. The van der Waals surface area contributed by atoms with Gasteiger partial charge in [0.1, 0.15) is 23.5 Å². The second kappa shape index (κ2) is 12.0. The van der Waals surface area contributed by atoms with Crippen LogP contribution in [0.3, 0.4) is 0 Å². The van der Waals surface area contributed by atoms with Gasteiger partial charge in [0.15, 0.2) is 11.6 Å². The Labute approximate surface area is 158 Å². The van der Waals surface area contributed by atoms with Crippen LogP contribution >= 0.6 is 23.2 Å². The van der Waals surface area contributed by atoms with Crippen LogP contribution in [0, 0.1) is 12.7 Å². The number of hydrogen-bond acceptors (Lipinski definition) is 4. The van der Waals surface area contributed by atoms with E-state index in [1.54, 1.807) is 13.0 Å². The van der Waals surface area contributed by atoms with Gasteiger partial charge in [0.05, 0.1) is 12.3 Å². The molecule has 0 aliphatic rings. The van der Waals surface area contributed by atoms with Gasteiger partial charge in [-0.2, -0.15) is 0 Å². The quantitative estimate of drug-likeness (QED) is 0.272. The number of rotatable bonds is 11. The molecule has 0 spiro atoms. The minimum Gasteiger partial charge on any atom is -0.490 e. The Morgan fingerprint density at radius 1 is 1.12 bits per heavy atom. The Bertz CT molecular complexity index is 575. The third-order valence-electron chi connectivity index (χ3n) is 3.06. The molecule has 0 aromatic heterocycles. The molecule has 4 nitrogen and oxygen atoms in total. The molecular formula is C18H24Cl2FNO3. The van der Waals surface area contributed by atoms with Gasteiger partial charge in [0, 0.05) is 6.07 Å². The molecule has 0 saturated carbocycles. The fourth-order valence-corrected chi connectivity index (χ4v) is 2.09. The normalized spacial score (nSPS) is 10.2. The Kier molecular flexibility index (Phi) is 10.3. The van der Waals surface area contributed by atoms with E-state index in [0.717, 1.165) is 25.0 Å². The Morgan fingerprint density at radius 3 is 2.48 bits per heavy atom. The van der Waals surface area contributed by atoms with Gasteiger partial charge in [0.2, 0.25) is 0 Å². The number of nitrogens with zero attached hydrogens (tertiary/aromatic N) is 1. The van der Waals surface area contributed by atoms with E-state index in [1.807, 2.05) is 13.8 Å². The molecule has 1 aromatic carbocycles. The van der Waals surface area contributed by atoms with Gasteiger partial charge in [-0.1, -0.05) is 28.4 Å². The molecule has 0 radical (unpaired) electrons. The van der Waals surface area contributed by atoms with Gasteiger partial charge in [-0.15, -0.1) is 0 Å². The van der Waals surface area contributed by atoms with Crippen molar-refractivity contribution in [2.45, 2.75) is 40.0 Å². The highest BCUT2D eigenvalue weighted by Crippen LogP contribution is 2.28. The van der Waals surface area contributed by atoms with Gasteiger partial charge >= 0.3 is 0 Å². The minimum absolute atomic E-state index is 0.110. The van der Waals surface area contributed by atoms with Crippen LogP contribution in [0.25, 0.3) is 0 Å². The van der Waals surface area contributed by atoms with Crippen LogP contribution in [0.1, 0.15) is 38.7 Å². The number of halogens is 3. The van der Waals surface area contributed by atoms with Gasteiger partial charge in [-0.3, -0.25) is 0 Å². The lowest BCUT2D eigenvalue weighted by Crippen LogP contribution is -2.03. The van der Waals surface area contributed by atoms with E-state index in [4.69, 9.17) is 37.5 Å². The van der Waals surface area contributed by atoms with E-state index in [0.29, 0.717) is 24.5 Å². The fraction of sp³-hybridized carbons (Fsp3) is 0.500. The maximum Gasteiger partial charge on any atom is 0.169 e. The number of hydrogen-bond donors (Lipinski definition) is 0. The highest BCUT2D eigenvalue weighted by Gasteiger charge is 2.10. The number of ether oxygens (including phenoxy) is 2. The van der Waals surface area contributed by atoms with Gasteiger partial charge < -0.3 is 14.3 Å². The zero-order chi connectivity index (χ0) is 18.7. The van der Waals surface area contributed by atoms with Crippen molar-refractivity contribution in [3.05, 3.63) is 34.1 Å². The lowest BCUT2D eigenvalue weighted by Gasteiger charge is -2.12. The summed E-state index contributed by atoms with van der Waals surface area (Å²) in [6.07, 6.45) is 4.10. The Hall–Kier alpha value is -1.46. The Morgan fingerprint density at radius 2 is 1.84 bits per heavy atom. The largest absolute Gasteiger partial charge is 0.490 e. The van der Waals surface area contributed by atoms with Crippen molar-refractivity contribution in [2.75, 3.05) is 19.8 Å². The van der Waals surface area contributed by atoms with Gasteiger partial charge in [-0.05, 0) is 57.7 Å².